The zero-order chi connectivity index (χ0) is 16.1. The summed E-state index contributed by atoms with van der Waals surface area (Å²) in [5.74, 6) is -1.33. The molecule has 2 aromatic carbocycles. The highest BCUT2D eigenvalue weighted by molar-refractivity contribution is 5.89. The summed E-state index contributed by atoms with van der Waals surface area (Å²) < 4.78 is 18.0. The third-order valence-corrected chi connectivity index (χ3v) is 2.78. The van der Waals surface area contributed by atoms with Crippen LogP contribution in [-0.2, 0) is 4.79 Å². The van der Waals surface area contributed by atoms with Crippen molar-refractivity contribution in [2.45, 2.75) is 6.92 Å². The molecule has 0 heterocycles. The van der Waals surface area contributed by atoms with E-state index in [0.717, 1.165) is 11.6 Å². The lowest BCUT2D eigenvalue weighted by atomic mass is 10.2. The van der Waals surface area contributed by atoms with Gasteiger partial charge in [-0.1, -0.05) is 18.2 Å². The zero-order valence-corrected chi connectivity index (χ0v) is 11.7. The number of aryl methyl sites for hydroxylation is 1. The Kier molecular flexibility index (Phi) is 4.63. The third-order valence-electron chi connectivity index (χ3n) is 2.78. The largest absolute Gasteiger partial charge is 0.416 e. The van der Waals surface area contributed by atoms with Gasteiger partial charge in [0.2, 0.25) is 5.75 Å². The summed E-state index contributed by atoms with van der Waals surface area (Å²) in [5.41, 5.74) is 0.913. The van der Waals surface area contributed by atoms with Crippen LogP contribution in [0.1, 0.15) is 11.1 Å². The number of rotatable bonds is 4. The number of carbonyl (C=O) groups excluding carboxylic acids is 1. The lowest BCUT2D eigenvalue weighted by Gasteiger charge is -2.03. The Balaban J connectivity index is 2.15. The number of nitrogens with zero attached hydrogens (tertiary/aromatic N) is 1. The van der Waals surface area contributed by atoms with Crippen LogP contribution in [0.15, 0.2) is 48.5 Å². The number of esters is 1. The highest BCUT2D eigenvalue weighted by atomic mass is 19.1. The minimum absolute atomic E-state index is 0.126. The Hall–Kier alpha value is -3.02. The van der Waals surface area contributed by atoms with Gasteiger partial charge in [0.25, 0.3) is 0 Å². The summed E-state index contributed by atoms with van der Waals surface area (Å²) in [5, 5.41) is 10.9. The molecule has 0 unspecified atom stereocenters. The van der Waals surface area contributed by atoms with E-state index in [1.54, 1.807) is 19.1 Å². The minimum atomic E-state index is -0.780. The predicted octanol–water partition coefficient (Wildman–Crippen LogP) is 3.66. The van der Waals surface area contributed by atoms with Crippen molar-refractivity contribution >= 4 is 17.7 Å². The van der Waals surface area contributed by atoms with E-state index >= 15 is 0 Å². The fourth-order valence-electron chi connectivity index (χ4n) is 1.77. The van der Waals surface area contributed by atoms with Gasteiger partial charge in [0.15, 0.2) is 0 Å². The Labute approximate surface area is 125 Å². The molecule has 0 spiro atoms. The van der Waals surface area contributed by atoms with E-state index in [1.807, 2.05) is 0 Å². The lowest BCUT2D eigenvalue weighted by Crippen LogP contribution is -2.06. The van der Waals surface area contributed by atoms with Crippen LogP contribution < -0.4 is 4.74 Å². The fraction of sp³-hybridized carbons (Fsp3) is 0.0625. The first kappa shape index (κ1) is 15.4. The molecule has 2 rings (SSSR count). The van der Waals surface area contributed by atoms with Crippen LogP contribution in [0.25, 0.3) is 6.08 Å². The highest BCUT2D eigenvalue weighted by Crippen LogP contribution is 2.27. The number of ether oxygens (including phenoxy) is 1. The molecule has 0 atom stereocenters. The average molecular weight is 301 g/mol. The van der Waals surface area contributed by atoms with Crippen molar-refractivity contribution in [1.82, 2.24) is 0 Å². The number of hydrogen-bond acceptors (Lipinski definition) is 4. The van der Waals surface area contributed by atoms with Crippen LogP contribution in [-0.4, -0.2) is 10.9 Å². The molecule has 0 bridgehead atoms. The number of nitro benzene ring substituents is 1. The summed E-state index contributed by atoms with van der Waals surface area (Å²) >= 11 is 0. The fourth-order valence-corrected chi connectivity index (χ4v) is 1.77. The Morgan fingerprint density at radius 2 is 2.05 bits per heavy atom. The molecule has 0 aromatic heterocycles. The van der Waals surface area contributed by atoms with Crippen LogP contribution in [0.2, 0.25) is 0 Å². The SMILES string of the molecule is Cc1ccc([N+](=O)[O-])c(OC(=O)/C=C/c2cccc(F)c2)c1. The highest BCUT2D eigenvalue weighted by Gasteiger charge is 2.16. The normalized spacial score (nSPS) is 10.6. The maximum atomic E-state index is 13.0. The molecule has 0 saturated carbocycles. The summed E-state index contributed by atoms with van der Waals surface area (Å²) in [6, 6.07) is 9.89. The third kappa shape index (κ3) is 3.99. The van der Waals surface area contributed by atoms with Gasteiger partial charge in [-0.2, -0.15) is 0 Å². The van der Waals surface area contributed by atoms with Crippen LogP contribution >= 0.6 is 0 Å². The van der Waals surface area contributed by atoms with Gasteiger partial charge in [-0.3, -0.25) is 10.1 Å². The van der Waals surface area contributed by atoms with E-state index in [1.165, 1.54) is 36.4 Å². The maximum absolute atomic E-state index is 13.0. The molecular weight excluding hydrogens is 289 g/mol. The molecule has 5 nitrogen and oxygen atoms in total. The van der Waals surface area contributed by atoms with E-state index < -0.39 is 16.7 Å². The molecule has 0 radical (unpaired) electrons. The molecule has 0 aliphatic rings. The molecule has 22 heavy (non-hydrogen) atoms. The molecule has 0 fully saturated rings. The molecule has 0 aliphatic heterocycles. The van der Waals surface area contributed by atoms with E-state index in [4.69, 9.17) is 4.74 Å². The number of hydrogen-bond donors (Lipinski definition) is 0. The standard InChI is InChI=1S/C16H12FNO4/c1-11-5-7-14(18(20)21)15(9-11)22-16(19)8-6-12-3-2-4-13(17)10-12/h2-10H,1H3/b8-6+. The van der Waals surface area contributed by atoms with Crippen molar-refractivity contribution < 1.29 is 18.8 Å². The van der Waals surface area contributed by atoms with Gasteiger partial charge in [0, 0.05) is 12.1 Å². The molecule has 112 valence electrons. The van der Waals surface area contributed by atoms with Gasteiger partial charge in [0.05, 0.1) is 4.92 Å². The second kappa shape index (κ2) is 6.62. The Morgan fingerprint density at radius 1 is 1.27 bits per heavy atom. The number of nitro groups is 1. The van der Waals surface area contributed by atoms with Crippen LogP contribution in [0.3, 0.4) is 0 Å². The lowest BCUT2D eigenvalue weighted by molar-refractivity contribution is -0.385. The van der Waals surface area contributed by atoms with Crippen LogP contribution in [0, 0.1) is 22.9 Å². The molecule has 0 amide bonds. The maximum Gasteiger partial charge on any atom is 0.336 e. The Bertz CT molecular complexity index is 756. The summed E-state index contributed by atoms with van der Waals surface area (Å²) in [7, 11) is 0. The second-order valence-electron chi connectivity index (χ2n) is 4.54. The topological polar surface area (TPSA) is 69.4 Å². The molecule has 0 saturated heterocycles. The van der Waals surface area contributed by atoms with Gasteiger partial charge in [-0.05, 0) is 42.3 Å². The molecule has 2 aromatic rings. The van der Waals surface area contributed by atoms with Crippen molar-refractivity contribution in [3.05, 3.63) is 75.6 Å². The van der Waals surface area contributed by atoms with Gasteiger partial charge in [-0.15, -0.1) is 0 Å². The van der Waals surface area contributed by atoms with Gasteiger partial charge in [0.1, 0.15) is 5.82 Å². The smallest absolute Gasteiger partial charge is 0.336 e. The number of carbonyl (C=O) groups is 1. The van der Waals surface area contributed by atoms with Gasteiger partial charge >= 0.3 is 11.7 Å². The van der Waals surface area contributed by atoms with E-state index in [-0.39, 0.29) is 11.4 Å². The van der Waals surface area contributed by atoms with Crippen LogP contribution in [0.4, 0.5) is 10.1 Å². The first-order valence-electron chi connectivity index (χ1n) is 6.36. The van der Waals surface area contributed by atoms with Crippen molar-refractivity contribution in [1.29, 1.82) is 0 Å². The first-order valence-corrected chi connectivity index (χ1v) is 6.36. The zero-order valence-electron chi connectivity index (χ0n) is 11.7. The average Bonchev–Trinajstić information content (AvgIpc) is 2.45. The van der Waals surface area contributed by atoms with Crippen molar-refractivity contribution in [2.75, 3.05) is 0 Å². The molecule has 6 heteroatoms. The van der Waals surface area contributed by atoms with Gasteiger partial charge < -0.3 is 4.74 Å². The summed E-state index contributed by atoms with van der Waals surface area (Å²) in [6.45, 7) is 1.73. The van der Waals surface area contributed by atoms with Crippen molar-refractivity contribution in [3.8, 4) is 5.75 Å². The first-order chi connectivity index (χ1) is 10.5. The van der Waals surface area contributed by atoms with E-state index in [0.29, 0.717) is 5.56 Å². The van der Waals surface area contributed by atoms with Crippen molar-refractivity contribution in [3.63, 3.8) is 0 Å². The van der Waals surface area contributed by atoms with E-state index in [2.05, 4.69) is 0 Å². The molecule has 0 aliphatic carbocycles. The monoisotopic (exact) mass is 301 g/mol. The van der Waals surface area contributed by atoms with Crippen LogP contribution in [0.5, 0.6) is 5.75 Å². The van der Waals surface area contributed by atoms with Gasteiger partial charge in [-0.25, -0.2) is 9.18 Å². The minimum Gasteiger partial charge on any atom is -0.416 e. The second-order valence-corrected chi connectivity index (χ2v) is 4.54. The number of benzene rings is 2. The summed E-state index contributed by atoms with van der Waals surface area (Å²) in [4.78, 5) is 22.0. The summed E-state index contributed by atoms with van der Waals surface area (Å²) in [6.07, 6.45) is 2.45. The predicted molar refractivity (Wildman–Crippen MR) is 78.9 cm³/mol. The molecule has 0 N–H and O–H groups in total. The van der Waals surface area contributed by atoms with Crippen molar-refractivity contribution in [2.24, 2.45) is 0 Å². The number of halogens is 1. The molecular formula is C16H12FNO4. The van der Waals surface area contributed by atoms with E-state index in [9.17, 15) is 19.3 Å². The Morgan fingerprint density at radius 3 is 2.73 bits per heavy atom. The quantitative estimate of drug-likeness (QED) is 0.284.